The third-order valence-corrected chi connectivity index (χ3v) is 8.19. The van der Waals surface area contributed by atoms with Gasteiger partial charge in [-0.05, 0) is 62.9 Å². The smallest absolute Gasteiger partial charge is 0.245 e. The zero-order valence-corrected chi connectivity index (χ0v) is 14.2. The van der Waals surface area contributed by atoms with Crippen LogP contribution in [0.2, 0.25) is 0 Å². The topological polar surface area (TPSA) is 49.4 Å². The van der Waals surface area contributed by atoms with Crippen molar-refractivity contribution < 1.29 is 8.42 Å². The molecule has 0 spiro atoms. The van der Waals surface area contributed by atoms with Crippen molar-refractivity contribution in [3.05, 3.63) is 13.6 Å². The Labute approximate surface area is 127 Å². The minimum absolute atomic E-state index is 0.382. The van der Waals surface area contributed by atoms with E-state index in [0.29, 0.717) is 33.6 Å². The van der Waals surface area contributed by atoms with Crippen LogP contribution in [0.15, 0.2) is 18.5 Å². The molecule has 1 aromatic rings. The van der Waals surface area contributed by atoms with E-state index in [2.05, 4.69) is 37.2 Å². The first-order valence-electron chi connectivity index (χ1n) is 5.64. The lowest BCUT2D eigenvalue weighted by Gasteiger charge is -2.16. The van der Waals surface area contributed by atoms with E-state index in [4.69, 9.17) is 0 Å². The third-order valence-electron chi connectivity index (χ3n) is 3.60. The molecule has 3 heterocycles. The molecule has 2 aliphatic heterocycles. The summed E-state index contributed by atoms with van der Waals surface area (Å²) in [4.78, 5) is 0.382. The molecule has 2 fully saturated rings. The number of thiophene rings is 1. The van der Waals surface area contributed by atoms with Gasteiger partial charge in [0.05, 0.1) is 7.57 Å². The predicted molar refractivity (Wildman–Crippen MR) is 78.3 cm³/mol. The molecule has 8 heteroatoms. The van der Waals surface area contributed by atoms with Crippen molar-refractivity contribution in [2.75, 3.05) is 26.2 Å². The Morgan fingerprint density at radius 3 is 2.39 bits per heavy atom. The van der Waals surface area contributed by atoms with E-state index in [1.165, 1.54) is 11.3 Å². The standard InChI is InChI=1S/C10H12Br2N2O2S2/c11-9-1-8(10(12)17-9)18(15,16)14-4-6-2-13-3-7(6)5-14/h1,6-7,13H,2-5H2. The number of nitrogens with one attached hydrogen (secondary N) is 1. The molecule has 3 rings (SSSR count). The van der Waals surface area contributed by atoms with Gasteiger partial charge < -0.3 is 5.32 Å². The van der Waals surface area contributed by atoms with E-state index >= 15 is 0 Å². The number of fused-ring (bicyclic) bond motifs is 1. The Hall–Kier alpha value is 0.530. The molecule has 0 radical (unpaired) electrons. The molecule has 2 atom stereocenters. The molecule has 2 aliphatic rings. The number of rotatable bonds is 2. The molecule has 18 heavy (non-hydrogen) atoms. The van der Waals surface area contributed by atoms with Crippen LogP contribution in [0.1, 0.15) is 0 Å². The highest BCUT2D eigenvalue weighted by Gasteiger charge is 2.42. The maximum atomic E-state index is 12.6. The third kappa shape index (κ3) is 2.20. The molecule has 0 saturated carbocycles. The van der Waals surface area contributed by atoms with Gasteiger partial charge in [0.15, 0.2) is 0 Å². The summed E-state index contributed by atoms with van der Waals surface area (Å²) < 4.78 is 28.2. The van der Waals surface area contributed by atoms with Gasteiger partial charge in [-0.1, -0.05) is 0 Å². The lowest BCUT2D eigenvalue weighted by atomic mass is 10.0. The monoisotopic (exact) mass is 414 g/mol. The fourth-order valence-electron chi connectivity index (χ4n) is 2.65. The molecule has 2 unspecified atom stereocenters. The second kappa shape index (κ2) is 4.82. The normalized spacial score (nSPS) is 28.8. The van der Waals surface area contributed by atoms with Gasteiger partial charge >= 0.3 is 0 Å². The number of hydrogen-bond donors (Lipinski definition) is 1. The Morgan fingerprint density at radius 1 is 1.28 bits per heavy atom. The van der Waals surface area contributed by atoms with Crippen molar-refractivity contribution >= 4 is 53.2 Å². The van der Waals surface area contributed by atoms with Crippen molar-refractivity contribution in [2.24, 2.45) is 11.8 Å². The summed E-state index contributed by atoms with van der Waals surface area (Å²) in [7, 11) is -3.35. The number of sulfonamides is 1. The lowest BCUT2D eigenvalue weighted by Crippen LogP contribution is -2.31. The van der Waals surface area contributed by atoms with E-state index < -0.39 is 10.0 Å². The van der Waals surface area contributed by atoms with Crippen LogP contribution in [-0.4, -0.2) is 38.9 Å². The van der Waals surface area contributed by atoms with E-state index in [-0.39, 0.29) is 0 Å². The first kappa shape index (κ1) is 13.5. The van der Waals surface area contributed by atoms with Crippen molar-refractivity contribution in [2.45, 2.75) is 4.90 Å². The minimum Gasteiger partial charge on any atom is -0.316 e. The highest BCUT2D eigenvalue weighted by molar-refractivity contribution is 9.12. The minimum atomic E-state index is -3.35. The Morgan fingerprint density at radius 2 is 1.89 bits per heavy atom. The Balaban J connectivity index is 1.90. The molecule has 0 aromatic carbocycles. The fourth-order valence-corrected chi connectivity index (χ4v) is 7.96. The maximum absolute atomic E-state index is 12.6. The number of hydrogen-bond acceptors (Lipinski definition) is 4. The summed E-state index contributed by atoms with van der Waals surface area (Å²) in [5, 5.41) is 3.32. The highest BCUT2D eigenvalue weighted by Crippen LogP contribution is 2.38. The van der Waals surface area contributed by atoms with Crippen LogP contribution in [0.3, 0.4) is 0 Å². The van der Waals surface area contributed by atoms with Crippen LogP contribution >= 0.6 is 43.2 Å². The van der Waals surface area contributed by atoms with Gasteiger partial charge in [-0.2, -0.15) is 4.31 Å². The molecular weight excluding hydrogens is 404 g/mol. The zero-order chi connectivity index (χ0) is 12.9. The molecule has 1 N–H and O–H groups in total. The SMILES string of the molecule is O=S(=O)(c1cc(Br)sc1Br)N1CC2CNCC2C1. The molecule has 0 bridgehead atoms. The van der Waals surface area contributed by atoms with Gasteiger partial charge in [-0.25, -0.2) is 8.42 Å². The Bertz CT molecular complexity index is 560. The number of nitrogens with zero attached hydrogens (tertiary/aromatic N) is 1. The van der Waals surface area contributed by atoms with E-state index in [0.717, 1.165) is 16.9 Å². The second-order valence-corrected chi connectivity index (χ2v) is 10.3. The lowest BCUT2D eigenvalue weighted by molar-refractivity contribution is 0.448. The Kier molecular flexibility index (Phi) is 3.62. The molecule has 2 saturated heterocycles. The van der Waals surface area contributed by atoms with Crippen molar-refractivity contribution in [1.82, 2.24) is 9.62 Å². The predicted octanol–water partition coefficient (Wildman–Crippen LogP) is 2.11. The summed E-state index contributed by atoms with van der Waals surface area (Å²) in [6, 6.07) is 1.68. The maximum Gasteiger partial charge on any atom is 0.245 e. The van der Waals surface area contributed by atoms with E-state index in [1.54, 1.807) is 10.4 Å². The molecule has 100 valence electrons. The second-order valence-electron chi connectivity index (χ2n) is 4.69. The first-order chi connectivity index (χ1) is 8.48. The summed E-state index contributed by atoms with van der Waals surface area (Å²) >= 11 is 8.05. The largest absolute Gasteiger partial charge is 0.316 e. The summed E-state index contributed by atoms with van der Waals surface area (Å²) in [6.07, 6.45) is 0. The molecule has 0 amide bonds. The van der Waals surface area contributed by atoms with Gasteiger partial charge in [-0.3, -0.25) is 0 Å². The summed E-state index contributed by atoms with van der Waals surface area (Å²) in [6.45, 7) is 3.15. The van der Waals surface area contributed by atoms with Crippen LogP contribution in [0.5, 0.6) is 0 Å². The van der Waals surface area contributed by atoms with Crippen LogP contribution in [0.25, 0.3) is 0 Å². The first-order valence-corrected chi connectivity index (χ1v) is 9.48. The van der Waals surface area contributed by atoms with Crippen molar-refractivity contribution in [3.8, 4) is 0 Å². The van der Waals surface area contributed by atoms with Crippen LogP contribution in [0.4, 0.5) is 0 Å². The summed E-state index contributed by atoms with van der Waals surface area (Å²) in [5.41, 5.74) is 0. The van der Waals surface area contributed by atoms with Crippen molar-refractivity contribution in [3.63, 3.8) is 0 Å². The molecule has 1 aromatic heterocycles. The average Bonchev–Trinajstić information content (AvgIpc) is 2.90. The fraction of sp³-hybridized carbons (Fsp3) is 0.600. The van der Waals surface area contributed by atoms with Gasteiger partial charge in [0.1, 0.15) is 4.90 Å². The molecule has 0 aliphatic carbocycles. The van der Waals surface area contributed by atoms with E-state index in [1.807, 2.05) is 0 Å². The van der Waals surface area contributed by atoms with Crippen LogP contribution in [0, 0.1) is 11.8 Å². The van der Waals surface area contributed by atoms with Crippen LogP contribution < -0.4 is 5.32 Å². The van der Waals surface area contributed by atoms with E-state index in [9.17, 15) is 8.42 Å². The molecular formula is C10H12Br2N2O2S2. The highest BCUT2D eigenvalue weighted by atomic mass is 79.9. The van der Waals surface area contributed by atoms with Gasteiger partial charge in [0.2, 0.25) is 10.0 Å². The van der Waals surface area contributed by atoms with Crippen molar-refractivity contribution in [1.29, 1.82) is 0 Å². The number of halogens is 2. The van der Waals surface area contributed by atoms with Crippen LogP contribution in [-0.2, 0) is 10.0 Å². The van der Waals surface area contributed by atoms with Gasteiger partial charge in [0, 0.05) is 13.1 Å². The summed E-state index contributed by atoms with van der Waals surface area (Å²) in [5.74, 6) is 0.946. The van der Waals surface area contributed by atoms with Gasteiger partial charge in [-0.15, -0.1) is 11.3 Å². The quantitative estimate of drug-likeness (QED) is 0.804. The molecule has 4 nitrogen and oxygen atoms in total. The zero-order valence-electron chi connectivity index (χ0n) is 9.40. The average molecular weight is 416 g/mol. The van der Waals surface area contributed by atoms with Gasteiger partial charge in [0.25, 0.3) is 0 Å².